The van der Waals surface area contributed by atoms with Crippen LogP contribution in [0.15, 0.2) is 0 Å². The molecule has 33 heavy (non-hydrogen) atoms. The summed E-state index contributed by atoms with van der Waals surface area (Å²) in [6.07, 6.45) is -6.48. The molecule has 1 heterocycles. The minimum atomic E-state index is -1.62. The van der Waals surface area contributed by atoms with E-state index >= 15 is 0 Å². The molecule has 0 aliphatic carbocycles. The van der Waals surface area contributed by atoms with Crippen molar-refractivity contribution in [3.63, 3.8) is 0 Å². The minimum absolute atomic E-state index is 0.0107. The van der Waals surface area contributed by atoms with Gasteiger partial charge < -0.3 is 40.2 Å². The molecule has 5 N–H and O–H groups in total. The van der Waals surface area contributed by atoms with Crippen LogP contribution in [0.2, 0.25) is 0 Å². The molecule has 0 bridgehead atoms. The molecule has 0 aromatic rings. The first-order valence-electron chi connectivity index (χ1n) is 11.5. The number of carbonyl (C=O) groups is 3. The number of nitrogens with one attached hydrogen (secondary N) is 2. The lowest BCUT2D eigenvalue weighted by Crippen LogP contribution is -2.63. The van der Waals surface area contributed by atoms with E-state index in [-0.39, 0.29) is 49.8 Å². The quantitative estimate of drug-likeness (QED) is 0.182. The van der Waals surface area contributed by atoms with Gasteiger partial charge in [0.2, 0.25) is 5.91 Å². The number of hydrogen-bond donors (Lipinski definition) is 5. The van der Waals surface area contributed by atoms with E-state index in [2.05, 4.69) is 10.6 Å². The van der Waals surface area contributed by atoms with Crippen LogP contribution < -0.4 is 10.6 Å². The summed E-state index contributed by atoms with van der Waals surface area (Å²) in [5, 5.41) is 35.5. The van der Waals surface area contributed by atoms with Gasteiger partial charge in [0, 0.05) is 31.8 Å². The smallest absolute Gasteiger partial charge is 0.252 e. The van der Waals surface area contributed by atoms with E-state index < -0.39 is 36.4 Å². The normalized spacial score (nSPS) is 25.3. The van der Waals surface area contributed by atoms with Crippen LogP contribution >= 0.6 is 0 Å². The molecular weight excluding hydrogens is 436 g/mol. The monoisotopic (exact) mass is 476 g/mol. The van der Waals surface area contributed by atoms with Crippen molar-refractivity contribution in [3.8, 4) is 0 Å². The van der Waals surface area contributed by atoms with Gasteiger partial charge in [-0.2, -0.15) is 0 Å². The molecule has 11 nitrogen and oxygen atoms in total. The zero-order valence-electron chi connectivity index (χ0n) is 20.0. The molecule has 0 aromatic heterocycles. The van der Waals surface area contributed by atoms with Crippen LogP contribution in [0.5, 0.6) is 0 Å². The number of aliphatic hydroxyl groups excluding tert-OH is 3. The van der Waals surface area contributed by atoms with Gasteiger partial charge in [-0.1, -0.05) is 27.7 Å². The van der Waals surface area contributed by atoms with E-state index in [0.29, 0.717) is 26.1 Å². The van der Waals surface area contributed by atoms with E-state index in [9.17, 15) is 29.7 Å². The first-order valence-corrected chi connectivity index (χ1v) is 11.5. The minimum Gasteiger partial charge on any atom is -0.388 e. The maximum Gasteiger partial charge on any atom is 0.252 e. The van der Waals surface area contributed by atoms with E-state index in [1.807, 2.05) is 27.7 Å². The average Bonchev–Trinajstić information content (AvgIpc) is 2.74. The summed E-state index contributed by atoms with van der Waals surface area (Å²) < 4.78 is 16.1. The molecule has 0 aromatic carbocycles. The van der Waals surface area contributed by atoms with Gasteiger partial charge in [0.15, 0.2) is 6.10 Å². The Hall–Kier alpha value is -1.63. The summed E-state index contributed by atoms with van der Waals surface area (Å²) in [4.78, 5) is 35.7. The average molecular weight is 477 g/mol. The molecule has 5 atom stereocenters. The number of carbonyl (C=O) groups excluding carboxylic acids is 3. The molecular formula is C22H40N2O9. The second-order valence-corrected chi connectivity index (χ2v) is 8.86. The van der Waals surface area contributed by atoms with Gasteiger partial charge in [-0.3, -0.25) is 14.4 Å². The second kappa shape index (κ2) is 15.3. The largest absolute Gasteiger partial charge is 0.388 e. The van der Waals surface area contributed by atoms with Crippen molar-refractivity contribution >= 4 is 17.6 Å². The maximum absolute atomic E-state index is 12.4. The fourth-order valence-corrected chi connectivity index (χ4v) is 3.12. The van der Waals surface area contributed by atoms with Crippen LogP contribution in [0, 0.1) is 11.8 Å². The predicted octanol–water partition coefficient (Wildman–Crippen LogP) is -1.24. The van der Waals surface area contributed by atoms with Gasteiger partial charge in [0.25, 0.3) is 5.91 Å². The van der Waals surface area contributed by atoms with Crippen molar-refractivity contribution in [1.29, 1.82) is 0 Å². The first kappa shape index (κ1) is 29.4. The number of ether oxygens (including phenoxy) is 3. The first-order chi connectivity index (χ1) is 15.5. The van der Waals surface area contributed by atoms with Crippen LogP contribution in [0.1, 0.15) is 40.5 Å². The highest BCUT2D eigenvalue weighted by Gasteiger charge is 2.46. The van der Waals surface area contributed by atoms with Gasteiger partial charge in [-0.25, -0.2) is 0 Å². The molecule has 192 valence electrons. The second-order valence-electron chi connectivity index (χ2n) is 8.86. The van der Waals surface area contributed by atoms with Crippen LogP contribution in [0.3, 0.4) is 0 Å². The lowest BCUT2D eigenvalue weighted by Gasteiger charge is -2.40. The van der Waals surface area contributed by atoms with Gasteiger partial charge in [-0.05, 0) is 5.92 Å². The van der Waals surface area contributed by atoms with E-state index in [1.54, 1.807) is 0 Å². The van der Waals surface area contributed by atoms with Crippen LogP contribution in [0.4, 0.5) is 0 Å². The lowest BCUT2D eigenvalue weighted by atomic mass is 9.94. The van der Waals surface area contributed by atoms with Gasteiger partial charge in [0.05, 0.1) is 26.4 Å². The molecule has 1 saturated heterocycles. The number of aliphatic hydroxyl groups is 3. The standard InChI is InChI=1S/C22H40N2O9/c1-13(2)11-17(26)24-12-16-18(27)19(28)20(29)21(33-16)22(30)23-6-8-32-10-9-31-7-5-15(25)14(3)4/h13-14,16,18-21,27-29H,5-12H2,1-4H3,(H,23,30)(H,24,26). The van der Waals surface area contributed by atoms with Crippen molar-refractivity contribution in [2.45, 2.75) is 71.1 Å². The number of ketones is 1. The molecule has 1 fully saturated rings. The van der Waals surface area contributed by atoms with Gasteiger partial charge in [-0.15, -0.1) is 0 Å². The Bertz CT molecular complexity index is 615. The molecule has 2 amide bonds. The number of hydrogen-bond acceptors (Lipinski definition) is 9. The van der Waals surface area contributed by atoms with Crippen molar-refractivity contribution in [3.05, 3.63) is 0 Å². The zero-order valence-corrected chi connectivity index (χ0v) is 20.0. The summed E-state index contributed by atoms with van der Waals surface area (Å²) in [5.74, 6) is -0.628. The van der Waals surface area contributed by atoms with Crippen LogP contribution in [-0.2, 0) is 28.6 Å². The third-order valence-corrected chi connectivity index (χ3v) is 5.12. The highest BCUT2D eigenvalue weighted by atomic mass is 16.5. The molecule has 0 saturated carbocycles. The predicted molar refractivity (Wildman–Crippen MR) is 118 cm³/mol. The SMILES string of the molecule is CC(C)CC(=O)NCC1OC(C(=O)NCCOCCOCCC(=O)C(C)C)C(O)C(O)C1O. The summed E-state index contributed by atoms with van der Waals surface area (Å²) in [5.41, 5.74) is 0. The zero-order chi connectivity index (χ0) is 25.0. The molecule has 0 spiro atoms. The van der Waals surface area contributed by atoms with Crippen molar-refractivity contribution in [2.24, 2.45) is 11.8 Å². The van der Waals surface area contributed by atoms with E-state index in [0.717, 1.165) is 0 Å². The third-order valence-electron chi connectivity index (χ3n) is 5.12. The molecule has 11 heteroatoms. The number of rotatable bonds is 15. The summed E-state index contributed by atoms with van der Waals surface area (Å²) in [7, 11) is 0. The Labute approximate surface area is 195 Å². The van der Waals surface area contributed by atoms with Gasteiger partial charge >= 0.3 is 0 Å². The molecule has 1 aliphatic rings. The Morgan fingerprint density at radius 3 is 2.12 bits per heavy atom. The third kappa shape index (κ3) is 10.9. The summed E-state index contributed by atoms with van der Waals surface area (Å²) in [6.45, 7) is 8.60. The Kier molecular flexibility index (Phi) is 13.6. The van der Waals surface area contributed by atoms with Crippen molar-refractivity contribution < 1.29 is 43.9 Å². The van der Waals surface area contributed by atoms with Gasteiger partial charge in [0.1, 0.15) is 30.2 Å². The fraction of sp³-hybridized carbons (Fsp3) is 0.864. The summed E-state index contributed by atoms with van der Waals surface area (Å²) >= 11 is 0. The maximum atomic E-state index is 12.4. The number of amides is 2. The number of Topliss-reactive ketones (excluding diaryl/α,β-unsaturated/α-hetero) is 1. The van der Waals surface area contributed by atoms with E-state index in [4.69, 9.17) is 14.2 Å². The Morgan fingerprint density at radius 2 is 1.52 bits per heavy atom. The van der Waals surface area contributed by atoms with Crippen LogP contribution in [-0.4, -0.2) is 103 Å². The van der Waals surface area contributed by atoms with Crippen LogP contribution in [0.25, 0.3) is 0 Å². The molecule has 5 unspecified atom stereocenters. The summed E-state index contributed by atoms with van der Waals surface area (Å²) in [6, 6.07) is 0. The van der Waals surface area contributed by atoms with Crippen molar-refractivity contribution in [2.75, 3.05) is 39.5 Å². The molecule has 0 radical (unpaired) electrons. The molecule has 1 rings (SSSR count). The highest BCUT2D eigenvalue weighted by Crippen LogP contribution is 2.21. The Morgan fingerprint density at radius 1 is 0.879 bits per heavy atom. The topological polar surface area (TPSA) is 164 Å². The van der Waals surface area contributed by atoms with Crippen molar-refractivity contribution in [1.82, 2.24) is 10.6 Å². The Balaban J connectivity index is 2.31. The fourth-order valence-electron chi connectivity index (χ4n) is 3.12. The molecule has 1 aliphatic heterocycles. The van der Waals surface area contributed by atoms with E-state index in [1.165, 1.54) is 0 Å². The lowest BCUT2D eigenvalue weighted by molar-refractivity contribution is -0.219. The highest BCUT2D eigenvalue weighted by molar-refractivity contribution is 5.82.